The third kappa shape index (κ3) is 3.19. The number of aryl methyl sites for hydroxylation is 2. The molecule has 7 heteroatoms. The minimum atomic E-state index is -0.228. The Labute approximate surface area is 142 Å². The summed E-state index contributed by atoms with van der Waals surface area (Å²) in [6.45, 7) is 3.86. The van der Waals surface area contributed by atoms with Crippen LogP contribution in [0.25, 0.3) is 10.7 Å². The predicted molar refractivity (Wildman–Crippen MR) is 90.8 cm³/mol. The molecule has 0 saturated heterocycles. The van der Waals surface area contributed by atoms with E-state index >= 15 is 0 Å². The topological polar surface area (TPSA) is 91.8 Å². The van der Waals surface area contributed by atoms with Crippen molar-refractivity contribution in [3.63, 3.8) is 0 Å². The summed E-state index contributed by atoms with van der Waals surface area (Å²) in [5.74, 6) is 0.882. The second-order valence-electron chi connectivity index (χ2n) is 5.09. The summed E-state index contributed by atoms with van der Waals surface area (Å²) in [5, 5.41) is 15.6. The lowest BCUT2D eigenvalue weighted by atomic mass is 10.1. The van der Waals surface area contributed by atoms with Crippen LogP contribution in [0.2, 0.25) is 0 Å². The number of hydrogen-bond acceptors (Lipinski definition) is 6. The van der Waals surface area contributed by atoms with E-state index in [0.717, 1.165) is 9.75 Å². The maximum absolute atomic E-state index is 12.3. The zero-order valence-electron chi connectivity index (χ0n) is 13.2. The smallest absolute Gasteiger partial charge is 0.255 e. The quantitative estimate of drug-likeness (QED) is 0.781. The Balaban J connectivity index is 1.79. The molecule has 3 aromatic rings. The number of thiophene rings is 1. The molecule has 24 heavy (non-hydrogen) atoms. The second kappa shape index (κ2) is 6.64. The molecule has 2 aromatic heterocycles. The average Bonchev–Trinajstić information content (AvgIpc) is 3.22. The molecular formula is C17H14N4O2S. The molecule has 1 N–H and O–H groups in total. The number of rotatable bonds is 4. The Kier molecular flexibility index (Phi) is 4.40. The van der Waals surface area contributed by atoms with Gasteiger partial charge in [-0.1, -0.05) is 12.1 Å². The van der Waals surface area contributed by atoms with Crippen LogP contribution >= 0.6 is 11.3 Å². The third-order valence-corrected chi connectivity index (χ3v) is 4.48. The summed E-state index contributed by atoms with van der Waals surface area (Å²) >= 11 is 1.49. The number of carbonyl (C=O) groups is 1. The molecule has 120 valence electrons. The van der Waals surface area contributed by atoms with Gasteiger partial charge in [0.1, 0.15) is 0 Å². The van der Waals surface area contributed by atoms with Gasteiger partial charge in [0.15, 0.2) is 0 Å². The first kappa shape index (κ1) is 15.9. The maximum Gasteiger partial charge on any atom is 0.255 e. The van der Waals surface area contributed by atoms with Gasteiger partial charge < -0.3 is 9.84 Å². The van der Waals surface area contributed by atoms with Crippen LogP contribution in [-0.2, 0) is 6.42 Å². The van der Waals surface area contributed by atoms with Gasteiger partial charge in [-0.2, -0.15) is 10.2 Å². The highest BCUT2D eigenvalue weighted by Gasteiger charge is 2.15. The SMILES string of the molecule is CCc1nc(-c2cc(NC(=O)c3ccc(C#N)cc3)c(C)s2)no1. The number of nitrogens with zero attached hydrogens (tertiary/aromatic N) is 3. The van der Waals surface area contributed by atoms with Gasteiger partial charge in [-0.3, -0.25) is 4.79 Å². The summed E-state index contributed by atoms with van der Waals surface area (Å²) in [6.07, 6.45) is 0.680. The predicted octanol–water partition coefficient (Wildman–Crippen LogP) is 3.79. The zero-order chi connectivity index (χ0) is 17.1. The highest BCUT2D eigenvalue weighted by atomic mass is 32.1. The lowest BCUT2D eigenvalue weighted by Gasteiger charge is -2.04. The van der Waals surface area contributed by atoms with Crippen molar-refractivity contribution in [1.82, 2.24) is 10.1 Å². The Hall–Kier alpha value is -2.98. The molecule has 0 bridgehead atoms. The van der Waals surface area contributed by atoms with Gasteiger partial charge in [-0.05, 0) is 37.3 Å². The molecule has 0 unspecified atom stereocenters. The molecule has 0 spiro atoms. The van der Waals surface area contributed by atoms with Crippen molar-refractivity contribution < 1.29 is 9.32 Å². The van der Waals surface area contributed by atoms with Crippen LogP contribution in [0.15, 0.2) is 34.9 Å². The van der Waals surface area contributed by atoms with E-state index in [1.165, 1.54) is 11.3 Å². The highest BCUT2D eigenvalue weighted by Crippen LogP contribution is 2.33. The van der Waals surface area contributed by atoms with Crippen LogP contribution in [0.4, 0.5) is 5.69 Å². The lowest BCUT2D eigenvalue weighted by molar-refractivity contribution is 0.102. The van der Waals surface area contributed by atoms with Crippen molar-refractivity contribution in [3.05, 3.63) is 52.2 Å². The monoisotopic (exact) mass is 338 g/mol. The van der Waals surface area contributed by atoms with E-state index in [2.05, 4.69) is 15.5 Å². The van der Waals surface area contributed by atoms with E-state index < -0.39 is 0 Å². The van der Waals surface area contributed by atoms with E-state index in [0.29, 0.717) is 35.0 Å². The first-order valence-electron chi connectivity index (χ1n) is 7.35. The molecule has 0 aliphatic rings. The molecule has 0 radical (unpaired) electrons. The van der Waals surface area contributed by atoms with Crippen LogP contribution in [0.5, 0.6) is 0 Å². The molecule has 0 saturated carbocycles. The molecule has 0 fully saturated rings. The molecule has 0 aliphatic heterocycles. The van der Waals surface area contributed by atoms with Gasteiger partial charge in [0.05, 0.1) is 22.2 Å². The van der Waals surface area contributed by atoms with E-state index in [1.54, 1.807) is 24.3 Å². The van der Waals surface area contributed by atoms with Gasteiger partial charge in [-0.15, -0.1) is 11.3 Å². The molecule has 1 aromatic carbocycles. The molecule has 2 heterocycles. The van der Waals surface area contributed by atoms with Crippen molar-refractivity contribution in [2.45, 2.75) is 20.3 Å². The van der Waals surface area contributed by atoms with Crippen LogP contribution < -0.4 is 5.32 Å². The van der Waals surface area contributed by atoms with Crippen molar-refractivity contribution in [3.8, 4) is 16.8 Å². The second-order valence-corrected chi connectivity index (χ2v) is 6.35. The Morgan fingerprint density at radius 2 is 2.12 bits per heavy atom. The zero-order valence-corrected chi connectivity index (χ0v) is 14.0. The van der Waals surface area contributed by atoms with E-state index in [-0.39, 0.29) is 5.91 Å². The minimum Gasteiger partial charge on any atom is -0.339 e. The summed E-state index contributed by atoms with van der Waals surface area (Å²) < 4.78 is 5.12. The van der Waals surface area contributed by atoms with Gasteiger partial charge in [0, 0.05) is 16.9 Å². The number of aromatic nitrogens is 2. The van der Waals surface area contributed by atoms with Gasteiger partial charge in [-0.25, -0.2) is 0 Å². The molecule has 0 atom stereocenters. The number of amides is 1. The number of nitriles is 1. The number of anilines is 1. The summed E-state index contributed by atoms with van der Waals surface area (Å²) in [4.78, 5) is 18.4. The van der Waals surface area contributed by atoms with E-state index in [9.17, 15) is 4.79 Å². The average molecular weight is 338 g/mol. The maximum atomic E-state index is 12.3. The van der Waals surface area contributed by atoms with Gasteiger partial charge in [0.25, 0.3) is 5.91 Å². The van der Waals surface area contributed by atoms with Crippen LogP contribution in [0, 0.1) is 18.3 Å². The fraction of sp³-hybridized carbons (Fsp3) is 0.176. The van der Waals surface area contributed by atoms with Crippen molar-refractivity contribution >= 4 is 22.9 Å². The van der Waals surface area contributed by atoms with E-state index in [4.69, 9.17) is 9.78 Å². The first-order valence-corrected chi connectivity index (χ1v) is 8.17. The number of carbonyl (C=O) groups excluding carboxylic acids is 1. The van der Waals surface area contributed by atoms with Crippen molar-refractivity contribution in [2.24, 2.45) is 0 Å². The molecule has 1 amide bonds. The van der Waals surface area contributed by atoms with Gasteiger partial charge >= 0.3 is 0 Å². The summed E-state index contributed by atoms with van der Waals surface area (Å²) in [5.41, 5.74) is 1.73. The first-order chi connectivity index (χ1) is 11.6. The third-order valence-electron chi connectivity index (χ3n) is 3.43. The largest absolute Gasteiger partial charge is 0.339 e. The molecule has 6 nitrogen and oxygen atoms in total. The number of nitrogens with one attached hydrogen (secondary N) is 1. The highest BCUT2D eigenvalue weighted by molar-refractivity contribution is 7.16. The fourth-order valence-corrected chi connectivity index (χ4v) is 3.01. The summed E-state index contributed by atoms with van der Waals surface area (Å²) in [7, 11) is 0. The van der Waals surface area contributed by atoms with Crippen LogP contribution in [0.1, 0.15) is 33.6 Å². The normalized spacial score (nSPS) is 10.4. The molecular weight excluding hydrogens is 324 g/mol. The Morgan fingerprint density at radius 1 is 1.38 bits per heavy atom. The number of benzene rings is 1. The van der Waals surface area contributed by atoms with E-state index in [1.807, 2.05) is 26.0 Å². The Bertz CT molecular complexity index is 919. The number of hydrogen-bond donors (Lipinski definition) is 1. The molecule has 0 aliphatic carbocycles. The van der Waals surface area contributed by atoms with Crippen LogP contribution in [-0.4, -0.2) is 16.0 Å². The van der Waals surface area contributed by atoms with Crippen LogP contribution in [0.3, 0.4) is 0 Å². The Morgan fingerprint density at radius 3 is 2.75 bits per heavy atom. The standard InChI is InChI=1S/C17H14N4O2S/c1-3-15-20-16(21-23-15)14-8-13(10(2)24-14)19-17(22)12-6-4-11(9-18)5-7-12/h4-8H,3H2,1-2H3,(H,19,22). The van der Waals surface area contributed by atoms with Crippen molar-refractivity contribution in [1.29, 1.82) is 5.26 Å². The lowest BCUT2D eigenvalue weighted by Crippen LogP contribution is -2.11. The van der Waals surface area contributed by atoms with Gasteiger partial charge in [0.2, 0.25) is 11.7 Å². The molecule has 3 rings (SSSR count). The minimum absolute atomic E-state index is 0.228. The fourth-order valence-electron chi connectivity index (χ4n) is 2.11. The summed E-state index contributed by atoms with van der Waals surface area (Å²) in [6, 6.07) is 10.4. The van der Waals surface area contributed by atoms with Crippen molar-refractivity contribution in [2.75, 3.05) is 5.32 Å².